The van der Waals surface area contributed by atoms with Gasteiger partial charge in [0.1, 0.15) is 11.6 Å². The standard InChI is InChI=1S/C23H32N4O2/c1-4-26-11-13-27(14-12-26)22-9-8-20(16-24-22)17-25-23(28)10-15-29-21-7-5-6-18(2)19(21)3/h5-9,16H,4,10-15,17H2,1-3H3,(H,25,28). The predicted molar refractivity (Wildman–Crippen MR) is 116 cm³/mol. The number of carbonyl (C=O) groups is 1. The van der Waals surface area contributed by atoms with Crippen molar-refractivity contribution in [3.05, 3.63) is 53.2 Å². The van der Waals surface area contributed by atoms with E-state index in [-0.39, 0.29) is 5.91 Å². The van der Waals surface area contributed by atoms with Crippen molar-refractivity contribution in [2.45, 2.75) is 33.7 Å². The van der Waals surface area contributed by atoms with E-state index in [0.717, 1.165) is 55.4 Å². The van der Waals surface area contributed by atoms with Crippen LogP contribution in [0.2, 0.25) is 0 Å². The number of ether oxygens (including phenoxy) is 1. The first-order valence-corrected chi connectivity index (χ1v) is 10.4. The third-order valence-corrected chi connectivity index (χ3v) is 5.58. The van der Waals surface area contributed by atoms with Crippen molar-refractivity contribution in [3.8, 4) is 5.75 Å². The van der Waals surface area contributed by atoms with Crippen LogP contribution >= 0.6 is 0 Å². The molecule has 1 aliphatic rings. The zero-order valence-electron chi connectivity index (χ0n) is 17.8. The minimum Gasteiger partial charge on any atom is -0.493 e. The number of anilines is 1. The molecule has 0 atom stereocenters. The SMILES string of the molecule is CCN1CCN(c2ccc(CNC(=O)CCOc3cccc(C)c3C)cn2)CC1. The summed E-state index contributed by atoms with van der Waals surface area (Å²) in [4.78, 5) is 21.5. The van der Waals surface area contributed by atoms with E-state index in [1.54, 1.807) is 0 Å². The maximum atomic E-state index is 12.1. The largest absolute Gasteiger partial charge is 0.493 e. The molecule has 29 heavy (non-hydrogen) atoms. The first kappa shape index (κ1) is 21.1. The second kappa shape index (κ2) is 10.3. The van der Waals surface area contributed by atoms with Crippen molar-refractivity contribution in [2.24, 2.45) is 0 Å². The molecule has 156 valence electrons. The quantitative estimate of drug-likeness (QED) is 0.744. The number of benzene rings is 1. The van der Waals surface area contributed by atoms with Crippen molar-refractivity contribution in [1.29, 1.82) is 0 Å². The van der Waals surface area contributed by atoms with Crippen LogP contribution in [-0.4, -0.2) is 55.1 Å². The number of pyridine rings is 1. The number of nitrogens with one attached hydrogen (secondary N) is 1. The monoisotopic (exact) mass is 396 g/mol. The second-order valence-corrected chi connectivity index (χ2v) is 7.52. The van der Waals surface area contributed by atoms with Crippen LogP contribution in [0.15, 0.2) is 36.5 Å². The molecule has 1 aromatic carbocycles. The molecule has 3 rings (SSSR count). The third-order valence-electron chi connectivity index (χ3n) is 5.58. The molecule has 1 aliphatic heterocycles. The average molecular weight is 397 g/mol. The summed E-state index contributed by atoms with van der Waals surface area (Å²) in [6.45, 7) is 12.4. The number of carbonyl (C=O) groups excluding carboxylic acids is 1. The molecule has 2 heterocycles. The Morgan fingerprint density at radius 2 is 1.93 bits per heavy atom. The summed E-state index contributed by atoms with van der Waals surface area (Å²) in [5.74, 6) is 1.84. The van der Waals surface area contributed by atoms with E-state index < -0.39 is 0 Å². The molecule has 0 spiro atoms. The number of rotatable bonds is 8. The number of aryl methyl sites for hydroxylation is 1. The van der Waals surface area contributed by atoms with Crippen LogP contribution in [0.1, 0.15) is 30.0 Å². The van der Waals surface area contributed by atoms with Gasteiger partial charge in [-0.2, -0.15) is 0 Å². The Bertz CT molecular complexity index is 799. The van der Waals surface area contributed by atoms with Crippen LogP contribution in [0.3, 0.4) is 0 Å². The van der Waals surface area contributed by atoms with E-state index >= 15 is 0 Å². The molecular weight excluding hydrogens is 364 g/mol. The summed E-state index contributed by atoms with van der Waals surface area (Å²) in [6.07, 6.45) is 2.19. The molecular formula is C23H32N4O2. The number of nitrogens with zero attached hydrogens (tertiary/aromatic N) is 3. The molecule has 6 nitrogen and oxygen atoms in total. The van der Waals surface area contributed by atoms with Gasteiger partial charge < -0.3 is 19.9 Å². The van der Waals surface area contributed by atoms with Crippen molar-refractivity contribution in [2.75, 3.05) is 44.2 Å². The highest BCUT2D eigenvalue weighted by atomic mass is 16.5. The summed E-state index contributed by atoms with van der Waals surface area (Å²) in [6, 6.07) is 10.1. The lowest BCUT2D eigenvalue weighted by molar-refractivity contribution is -0.121. The summed E-state index contributed by atoms with van der Waals surface area (Å²) in [5, 5.41) is 2.94. The fourth-order valence-corrected chi connectivity index (χ4v) is 3.42. The predicted octanol–water partition coefficient (Wildman–Crippen LogP) is 2.93. The Kier molecular flexibility index (Phi) is 7.47. The minimum atomic E-state index is -0.0185. The maximum Gasteiger partial charge on any atom is 0.223 e. The van der Waals surface area contributed by atoms with Gasteiger partial charge in [-0.3, -0.25) is 4.79 Å². The Morgan fingerprint density at radius 3 is 2.62 bits per heavy atom. The number of hydrogen-bond donors (Lipinski definition) is 1. The highest BCUT2D eigenvalue weighted by Crippen LogP contribution is 2.20. The minimum absolute atomic E-state index is 0.0185. The summed E-state index contributed by atoms with van der Waals surface area (Å²) in [7, 11) is 0. The molecule has 6 heteroatoms. The highest BCUT2D eigenvalue weighted by molar-refractivity contribution is 5.76. The van der Waals surface area contributed by atoms with Crippen molar-refractivity contribution in [3.63, 3.8) is 0 Å². The number of piperazine rings is 1. The van der Waals surface area contributed by atoms with Gasteiger partial charge in [0.05, 0.1) is 13.0 Å². The smallest absolute Gasteiger partial charge is 0.223 e. The van der Waals surface area contributed by atoms with Gasteiger partial charge in [-0.15, -0.1) is 0 Å². The lowest BCUT2D eigenvalue weighted by Crippen LogP contribution is -2.46. The van der Waals surface area contributed by atoms with Crippen LogP contribution in [-0.2, 0) is 11.3 Å². The zero-order chi connectivity index (χ0) is 20.6. The van der Waals surface area contributed by atoms with E-state index in [9.17, 15) is 4.79 Å². The van der Waals surface area contributed by atoms with Crippen molar-refractivity contribution in [1.82, 2.24) is 15.2 Å². The molecule has 1 N–H and O–H groups in total. The third kappa shape index (κ3) is 5.94. The van der Waals surface area contributed by atoms with E-state index in [1.165, 1.54) is 5.56 Å². The summed E-state index contributed by atoms with van der Waals surface area (Å²) >= 11 is 0. The van der Waals surface area contributed by atoms with E-state index in [4.69, 9.17) is 4.74 Å². The number of hydrogen-bond acceptors (Lipinski definition) is 5. The van der Waals surface area contributed by atoms with Crippen LogP contribution < -0.4 is 15.0 Å². The second-order valence-electron chi connectivity index (χ2n) is 7.52. The molecule has 0 radical (unpaired) electrons. The van der Waals surface area contributed by atoms with Gasteiger partial charge in [-0.25, -0.2) is 4.98 Å². The van der Waals surface area contributed by atoms with Gasteiger partial charge in [-0.05, 0) is 49.2 Å². The van der Waals surface area contributed by atoms with E-state index in [0.29, 0.717) is 19.6 Å². The normalized spacial score (nSPS) is 14.7. The number of likely N-dealkylation sites (N-methyl/N-ethyl adjacent to an activating group) is 1. The molecule has 1 saturated heterocycles. The van der Waals surface area contributed by atoms with Gasteiger partial charge in [0.25, 0.3) is 0 Å². The fraction of sp³-hybridized carbons (Fsp3) is 0.478. The lowest BCUT2D eigenvalue weighted by atomic mass is 10.1. The molecule has 0 saturated carbocycles. The van der Waals surface area contributed by atoms with Gasteiger partial charge >= 0.3 is 0 Å². The molecule has 1 aromatic heterocycles. The highest BCUT2D eigenvalue weighted by Gasteiger charge is 2.16. The molecule has 0 aliphatic carbocycles. The maximum absolute atomic E-state index is 12.1. The van der Waals surface area contributed by atoms with Crippen molar-refractivity contribution >= 4 is 11.7 Å². The molecule has 0 bridgehead atoms. The first-order valence-electron chi connectivity index (χ1n) is 10.4. The van der Waals surface area contributed by atoms with E-state index in [2.05, 4.69) is 40.0 Å². The van der Waals surface area contributed by atoms with Gasteiger partial charge in [-0.1, -0.05) is 25.1 Å². The van der Waals surface area contributed by atoms with E-state index in [1.807, 2.05) is 37.4 Å². The Labute approximate surface area is 173 Å². The topological polar surface area (TPSA) is 57.7 Å². The van der Waals surface area contributed by atoms with Crippen LogP contribution in [0.25, 0.3) is 0 Å². The Hall–Kier alpha value is -2.60. The van der Waals surface area contributed by atoms with Gasteiger partial charge in [0, 0.05) is 38.9 Å². The summed E-state index contributed by atoms with van der Waals surface area (Å²) in [5.41, 5.74) is 3.31. The molecule has 2 aromatic rings. The van der Waals surface area contributed by atoms with Gasteiger partial charge in [0.15, 0.2) is 0 Å². The zero-order valence-corrected chi connectivity index (χ0v) is 17.8. The number of amides is 1. The Balaban J connectivity index is 1.39. The van der Waals surface area contributed by atoms with Crippen LogP contribution in [0.5, 0.6) is 5.75 Å². The number of aromatic nitrogens is 1. The lowest BCUT2D eigenvalue weighted by Gasteiger charge is -2.34. The van der Waals surface area contributed by atoms with Crippen molar-refractivity contribution < 1.29 is 9.53 Å². The van der Waals surface area contributed by atoms with Crippen LogP contribution in [0.4, 0.5) is 5.82 Å². The van der Waals surface area contributed by atoms with Crippen LogP contribution in [0, 0.1) is 13.8 Å². The Morgan fingerprint density at radius 1 is 1.14 bits per heavy atom. The molecule has 1 fully saturated rings. The summed E-state index contributed by atoms with van der Waals surface area (Å²) < 4.78 is 5.76. The average Bonchev–Trinajstić information content (AvgIpc) is 2.76. The molecule has 0 unspecified atom stereocenters. The fourth-order valence-electron chi connectivity index (χ4n) is 3.42. The van der Waals surface area contributed by atoms with Gasteiger partial charge in [0.2, 0.25) is 5.91 Å². The first-order chi connectivity index (χ1) is 14.1. The molecule has 1 amide bonds.